The Balaban J connectivity index is 1.94. The average molecular weight is 378 g/mol. The van der Waals surface area contributed by atoms with Crippen molar-refractivity contribution in [2.45, 2.75) is 19.9 Å². The van der Waals surface area contributed by atoms with Crippen LogP contribution in [0.5, 0.6) is 0 Å². The number of allylic oxidation sites excluding steroid dienone is 1. The van der Waals surface area contributed by atoms with Crippen molar-refractivity contribution in [1.82, 2.24) is 9.55 Å². The van der Waals surface area contributed by atoms with Gasteiger partial charge in [-0.25, -0.2) is 9.78 Å². The van der Waals surface area contributed by atoms with Gasteiger partial charge in [0.2, 0.25) is 5.95 Å². The molecule has 8 heteroatoms. The number of carbonyl (C=O) groups is 1. The predicted octanol–water partition coefficient (Wildman–Crippen LogP) is 3.80. The van der Waals surface area contributed by atoms with Gasteiger partial charge in [0, 0.05) is 17.8 Å². The molecule has 0 spiro atoms. The Morgan fingerprint density at radius 1 is 1.25 bits per heavy atom. The largest absolute Gasteiger partial charge is 0.463 e. The number of fused-ring (bicyclic) bond motifs is 3. The standard InChI is InChI=1S/C20H18N4O4/c1-3-28-19(25)17-12(2)21-20-22-15-6-4-5-7-16(15)23(20)18(17)13-8-10-14(11-9-13)24(26)27/h4-11,18H,3H2,1-2H3,(H,21,22)/t18-/m1/s1. The topological polar surface area (TPSA) is 99.3 Å². The number of nitrogens with zero attached hydrogens (tertiary/aromatic N) is 3. The van der Waals surface area contributed by atoms with Gasteiger partial charge in [0.25, 0.3) is 5.69 Å². The zero-order valence-electron chi connectivity index (χ0n) is 15.4. The van der Waals surface area contributed by atoms with Crippen molar-refractivity contribution >= 4 is 28.6 Å². The molecule has 1 atom stereocenters. The smallest absolute Gasteiger partial charge is 0.338 e. The zero-order chi connectivity index (χ0) is 19.8. The summed E-state index contributed by atoms with van der Waals surface area (Å²) in [6, 6.07) is 13.3. The van der Waals surface area contributed by atoms with Gasteiger partial charge in [0.1, 0.15) is 0 Å². The molecule has 0 unspecified atom stereocenters. The van der Waals surface area contributed by atoms with Gasteiger partial charge in [-0.3, -0.25) is 14.7 Å². The number of rotatable bonds is 4. The molecule has 0 bridgehead atoms. The van der Waals surface area contributed by atoms with E-state index >= 15 is 0 Å². The van der Waals surface area contributed by atoms with E-state index in [0.29, 0.717) is 17.2 Å². The van der Waals surface area contributed by atoms with E-state index in [-0.39, 0.29) is 12.3 Å². The van der Waals surface area contributed by atoms with Gasteiger partial charge in [0.05, 0.1) is 34.2 Å². The molecule has 2 aromatic carbocycles. The molecule has 28 heavy (non-hydrogen) atoms. The molecule has 142 valence electrons. The van der Waals surface area contributed by atoms with Crippen LogP contribution in [0.2, 0.25) is 0 Å². The second-order valence-corrected chi connectivity index (χ2v) is 6.43. The first-order valence-corrected chi connectivity index (χ1v) is 8.87. The van der Waals surface area contributed by atoms with Crippen LogP contribution in [0.3, 0.4) is 0 Å². The molecule has 0 radical (unpaired) electrons. The number of nitrogens with one attached hydrogen (secondary N) is 1. The monoisotopic (exact) mass is 378 g/mol. The van der Waals surface area contributed by atoms with Crippen molar-refractivity contribution in [2.75, 3.05) is 11.9 Å². The molecule has 0 saturated heterocycles. The Kier molecular flexibility index (Phi) is 4.31. The van der Waals surface area contributed by atoms with Gasteiger partial charge < -0.3 is 10.1 Å². The van der Waals surface area contributed by atoms with E-state index in [1.165, 1.54) is 12.1 Å². The lowest BCUT2D eigenvalue weighted by molar-refractivity contribution is -0.384. The second-order valence-electron chi connectivity index (χ2n) is 6.43. The van der Waals surface area contributed by atoms with E-state index in [9.17, 15) is 14.9 Å². The maximum Gasteiger partial charge on any atom is 0.338 e. The molecule has 8 nitrogen and oxygen atoms in total. The number of aromatic nitrogens is 2. The van der Waals surface area contributed by atoms with Crippen molar-refractivity contribution in [2.24, 2.45) is 0 Å². The second kappa shape index (κ2) is 6.80. The number of carbonyl (C=O) groups excluding carboxylic acids is 1. The van der Waals surface area contributed by atoms with Crippen LogP contribution in [0.4, 0.5) is 11.6 Å². The lowest BCUT2D eigenvalue weighted by Crippen LogP contribution is -2.29. The zero-order valence-corrected chi connectivity index (χ0v) is 15.4. The van der Waals surface area contributed by atoms with E-state index in [2.05, 4.69) is 10.3 Å². The van der Waals surface area contributed by atoms with Crippen LogP contribution >= 0.6 is 0 Å². The third-order valence-electron chi connectivity index (χ3n) is 4.75. The van der Waals surface area contributed by atoms with Crippen molar-refractivity contribution in [3.8, 4) is 0 Å². The SMILES string of the molecule is CCOC(=O)C1=C(C)Nc2nc3ccccc3n2[C@@H]1c1ccc([N+](=O)[O-])cc1. The molecule has 0 amide bonds. The maximum atomic E-state index is 12.8. The number of non-ortho nitro benzene ring substituents is 1. The summed E-state index contributed by atoms with van der Waals surface area (Å²) in [6.45, 7) is 3.80. The van der Waals surface area contributed by atoms with E-state index in [0.717, 1.165) is 16.6 Å². The lowest BCUT2D eigenvalue weighted by Gasteiger charge is -2.30. The van der Waals surface area contributed by atoms with Crippen LogP contribution in [-0.2, 0) is 9.53 Å². The Morgan fingerprint density at radius 2 is 1.96 bits per heavy atom. The molecule has 1 aliphatic heterocycles. The van der Waals surface area contributed by atoms with Crippen LogP contribution in [0.15, 0.2) is 59.8 Å². The highest BCUT2D eigenvalue weighted by atomic mass is 16.6. The fourth-order valence-corrected chi connectivity index (χ4v) is 3.53. The van der Waals surface area contributed by atoms with Gasteiger partial charge in [-0.05, 0) is 43.7 Å². The number of hydrogen-bond donors (Lipinski definition) is 1. The number of nitro groups is 1. The number of benzene rings is 2. The first kappa shape index (κ1) is 17.7. The van der Waals surface area contributed by atoms with E-state index < -0.39 is 16.9 Å². The minimum absolute atomic E-state index is 0.00761. The van der Waals surface area contributed by atoms with Gasteiger partial charge in [-0.15, -0.1) is 0 Å². The molecule has 1 aliphatic rings. The normalized spacial score (nSPS) is 15.9. The summed E-state index contributed by atoms with van der Waals surface area (Å²) in [4.78, 5) is 28.0. The Bertz CT molecular complexity index is 1110. The van der Waals surface area contributed by atoms with Gasteiger partial charge in [-0.1, -0.05) is 12.1 Å². The Morgan fingerprint density at radius 3 is 2.64 bits per heavy atom. The molecule has 4 rings (SSSR count). The van der Waals surface area contributed by atoms with Gasteiger partial charge in [0.15, 0.2) is 0 Å². The molecule has 0 aliphatic carbocycles. The number of imidazole rings is 1. The van der Waals surface area contributed by atoms with Crippen LogP contribution in [0, 0.1) is 10.1 Å². The van der Waals surface area contributed by atoms with Crippen LogP contribution in [-0.4, -0.2) is 27.1 Å². The van der Waals surface area contributed by atoms with Crippen LogP contribution in [0.1, 0.15) is 25.5 Å². The average Bonchev–Trinajstić information content (AvgIpc) is 3.05. The predicted molar refractivity (Wildman–Crippen MR) is 104 cm³/mol. The number of anilines is 1. The minimum atomic E-state index is -0.511. The quantitative estimate of drug-likeness (QED) is 0.421. The third kappa shape index (κ3) is 2.79. The van der Waals surface area contributed by atoms with E-state index in [1.54, 1.807) is 26.0 Å². The molecule has 1 N–H and O–H groups in total. The summed E-state index contributed by atoms with van der Waals surface area (Å²) in [5.74, 6) is 0.175. The highest BCUT2D eigenvalue weighted by molar-refractivity contribution is 5.94. The number of hydrogen-bond acceptors (Lipinski definition) is 6. The number of para-hydroxylation sites is 2. The molecule has 2 heterocycles. The number of nitro benzene ring substituents is 1. The molecule has 3 aromatic rings. The molecular weight excluding hydrogens is 360 g/mol. The summed E-state index contributed by atoms with van der Waals surface area (Å²) in [5, 5.41) is 14.2. The minimum Gasteiger partial charge on any atom is -0.463 e. The highest BCUT2D eigenvalue weighted by Gasteiger charge is 2.35. The summed E-state index contributed by atoms with van der Waals surface area (Å²) >= 11 is 0. The van der Waals surface area contributed by atoms with Crippen molar-refractivity contribution < 1.29 is 14.5 Å². The van der Waals surface area contributed by atoms with Crippen molar-refractivity contribution in [3.05, 3.63) is 75.5 Å². The molecule has 0 saturated carbocycles. The van der Waals surface area contributed by atoms with Crippen LogP contribution < -0.4 is 5.32 Å². The fourth-order valence-electron chi connectivity index (χ4n) is 3.53. The third-order valence-corrected chi connectivity index (χ3v) is 4.75. The van der Waals surface area contributed by atoms with Gasteiger partial charge in [-0.2, -0.15) is 0 Å². The Labute approximate surface area is 160 Å². The van der Waals surface area contributed by atoms with E-state index in [4.69, 9.17) is 4.74 Å². The summed E-state index contributed by atoms with van der Waals surface area (Å²) in [6.07, 6.45) is 0. The first-order valence-electron chi connectivity index (χ1n) is 8.87. The van der Waals surface area contributed by atoms with E-state index in [1.807, 2.05) is 28.8 Å². The fraction of sp³-hybridized carbons (Fsp3) is 0.200. The lowest BCUT2D eigenvalue weighted by atomic mass is 9.95. The first-order chi connectivity index (χ1) is 13.5. The summed E-state index contributed by atoms with van der Waals surface area (Å²) < 4.78 is 7.22. The van der Waals surface area contributed by atoms with Gasteiger partial charge >= 0.3 is 5.97 Å². The molecule has 0 fully saturated rings. The summed E-state index contributed by atoms with van der Waals surface area (Å²) in [7, 11) is 0. The van der Waals surface area contributed by atoms with Crippen molar-refractivity contribution in [1.29, 1.82) is 0 Å². The number of esters is 1. The number of ether oxygens (including phenoxy) is 1. The maximum absolute atomic E-state index is 12.8. The highest BCUT2D eigenvalue weighted by Crippen LogP contribution is 2.39. The van der Waals surface area contributed by atoms with Crippen LogP contribution in [0.25, 0.3) is 11.0 Å². The molecular formula is C20H18N4O4. The molecule has 1 aromatic heterocycles. The summed E-state index contributed by atoms with van der Waals surface area (Å²) in [5.41, 5.74) is 3.46. The Hall–Kier alpha value is -3.68. The van der Waals surface area contributed by atoms with Crippen molar-refractivity contribution in [3.63, 3.8) is 0 Å².